The summed E-state index contributed by atoms with van der Waals surface area (Å²) in [5.41, 5.74) is 11.0. The Morgan fingerprint density at radius 1 is 1.37 bits per heavy atom. The Kier molecular flexibility index (Phi) is 8.32. The molecule has 0 aliphatic heterocycles. The SMILES string of the molecule is CC(=O)O.NC(N)=N/N=C/Cc1c(Cl)cccc1Cl. The van der Waals surface area contributed by atoms with Crippen molar-refractivity contribution in [3.8, 4) is 0 Å². The van der Waals surface area contributed by atoms with E-state index in [0.717, 1.165) is 12.5 Å². The number of aliphatic carboxylic acids is 1. The number of hydrogen-bond acceptors (Lipinski definition) is 3. The normalized spacial score (nSPS) is 9.63. The van der Waals surface area contributed by atoms with Gasteiger partial charge in [-0.15, -0.1) is 5.10 Å². The van der Waals surface area contributed by atoms with E-state index >= 15 is 0 Å². The highest BCUT2D eigenvalue weighted by molar-refractivity contribution is 6.36. The molecule has 1 rings (SSSR count). The summed E-state index contributed by atoms with van der Waals surface area (Å²) in [6.07, 6.45) is 2.02. The van der Waals surface area contributed by atoms with Crippen molar-refractivity contribution in [3.63, 3.8) is 0 Å². The molecule has 0 spiro atoms. The number of carbonyl (C=O) groups is 1. The molecule has 0 radical (unpaired) electrons. The Labute approximate surface area is 120 Å². The second-order valence-electron chi connectivity index (χ2n) is 3.25. The van der Waals surface area contributed by atoms with Gasteiger partial charge in [-0.05, 0) is 17.7 Å². The highest BCUT2D eigenvalue weighted by atomic mass is 35.5. The van der Waals surface area contributed by atoms with E-state index in [1.165, 1.54) is 6.21 Å². The summed E-state index contributed by atoms with van der Waals surface area (Å²) >= 11 is 11.9. The van der Waals surface area contributed by atoms with E-state index in [1.54, 1.807) is 18.2 Å². The van der Waals surface area contributed by atoms with E-state index in [9.17, 15) is 0 Å². The number of guanidine groups is 1. The number of carboxylic acid groups (broad SMARTS) is 1. The summed E-state index contributed by atoms with van der Waals surface area (Å²) in [5, 5.41) is 15.7. The van der Waals surface area contributed by atoms with Crippen LogP contribution in [0.5, 0.6) is 0 Å². The van der Waals surface area contributed by atoms with Gasteiger partial charge in [0.2, 0.25) is 5.96 Å². The third-order valence-corrected chi connectivity index (χ3v) is 2.32. The molecule has 0 aliphatic rings. The Hall–Kier alpha value is -1.79. The van der Waals surface area contributed by atoms with E-state index in [2.05, 4.69) is 10.2 Å². The minimum Gasteiger partial charge on any atom is -0.481 e. The molecule has 0 saturated carbocycles. The first-order valence-electron chi connectivity index (χ1n) is 5.07. The van der Waals surface area contributed by atoms with Gasteiger partial charge in [0.1, 0.15) is 0 Å². The molecule has 0 aliphatic carbocycles. The van der Waals surface area contributed by atoms with E-state index in [0.29, 0.717) is 16.5 Å². The highest BCUT2D eigenvalue weighted by Gasteiger charge is 2.02. The standard InChI is InChI=1S/C9H10Cl2N4.C2H4O2/c10-7-2-1-3-8(11)6(7)4-5-14-15-9(12)13;1-2(3)4/h1-3,5H,4H2,(H4,12,13,15);1H3,(H,3,4)/b14-5+;. The fourth-order valence-corrected chi connectivity index (χ4v) is 1.52. The lowest BCUT2D eigenvalue weighted by molar-refractivity contribution is -0.134. The number of nitrogens with zero attached hydrogens (tertiary/aromatic N) is 2. The molecule has 6 nitrogen and oxygen atoms in total. The van der Waals surface area contributed by atoms with Crippen molar-refractivity contribution in [2.24, 2.45) is 21.7 Å². The maximum Gasteiger partial charge on any atom is 0.300 e. The molecule has 0 bridgehead atoms. The molecule has 0 aromatic heterocycles. The van der Waals surface area contributed by atoms with Crippen LogP contribution in [0.3, 0.4) is 0 Å². The third kappa shape index (κ3) is 8.87. The van der Waals surface area contributed by atoms with Gasteiger partial charge in [-0.25, -0.2) is 0 Å². The zero-order valence-electron chi connectivity index (χ0n) is 10.2. The van der Waals surface area contributed by atoms with Gasteiger partial charge in [0.25, 0.3) is 5.97 Å². The number of nitrogens with two attached hydrogens (primary N) is 2. The Morgan fingerprint density at radius 3 is 2.26 bits per heavy atom. The van der Waals surface area contributed by atoms with Crippen molar-refractivity contribution in [2.45, 2.75) is 13.3 Å². The molecule has 0 heterocycles. The third-order valence-electron chi connectivity index (χ3n) is 1.61. The number of halogens is 2. The van der Waals surface area contributed by atoms with Gasteiger partial charge in [0.15, 0.2) is 0 Å². The predicted molar refractivity (Wildman–Crippen MR) is 77.8 cm³/mol. The molecule has 1 aromatic rings. The van der Waals surface area contributed by atoms with E-state index in [4.69, 9.17) is 44.6 Å². The van der Waals surface area contributed by atoms with Crippen LogP contribution in [-0.4, -0.2) is 23.2 Å². The largest absolute Gasteiger partial charge is 0.481 e. The molecule has 104 valence electrons. The molecule has 0 saturated heterocycles. The molecular weight excluding hydrogens is 291 g/mol. The van der Waals surface area contributed by atoms with Crippen molar-refractivity contribution in [2.75, 3.05) is 0 Å². The fourth-order valence-electron chi connectivity index (χ4n) is 0.967. The van der Waals surface area contributed by atoms with Crippen LogP contribution < -0.4 is 11.5 Å². The van der Waals surface area contributed by atoms with Crippen LogP contribution >= 0.6 is 23.2 Å². The van der Waals surface area contributed by atoms with Crippen LogP contribution in [0.4, 0.5) is 0 Å². The van der Waals surface area contributed by atoms with Crippen molar-refractivity contribution in [1.29, 1.82) is 0 Å². The number of rotatable bonds is 3. The minimum atomic E-state index is -0.833. The summed E-state index contributed by atoms with van der Waals surface area (Å²) in [4.78, 5) is 9.00. The first-order valence-corrected chi connectivity index (χ1v) is 5.83. The molecule has 8 heteroatoms. The Bertz CT molecular complexity index is 461. The molecule has 1 aromatic carbocycles. The number of carboxylic acids is 1. The maximum absolute atomic E-state index is 9.00. The molecule has 0 atom stereocenters. The molecule has 5 N–H and O–H groups in total. The Balaban J connectivity index is 0.000000711. The van der Waals surface area contributed by atoms with E-state index in [-0.39, 0.29) is 5.96 Å². The van der Waals surface area contributed by atoms with Crippen LogP contribution in [0.1, 0.15) is 12.5 Å². The number of hydrogen-bond donors (Lipinski definition) is 3. The first kappa shape index (κ1) is 17.2. The van der Waals surface area contributed by atoms with E-state index in [1.807, 2.05) is 0 Å². The molecule has 0 amide bonds. The second-order valence-corrected chi connectivity index (χ2v) is 4.06. The lowest BCUT2D eigenvalue weighted by Crippen LogP contribution is -2.21. The van der Waals surface area contributed by atoms with Gasteiger partial charge >= 0.3 is 0 Å². The molecule has 0 fully saturated rings. The van der Waals surface area contributed by atoms with Crippen molar-refractivity contribution in [1.82, 2.24) is 0 Å². The average Bonchev–Trinajstić information content (AvgIpc) is 2.26. The van der Waals surface area contributed by atoms with Crippen molar-refractivity contribution < 1.29 is 9.90 Å². The lowest BCUT2D eigenvalue weighted by atomic mass is 10.2. The van der Waals surface area contributed by atoms with Gasteiger partial charge in [0.05, 0.1) is 0 Å². The van der Waals surface area contributed by atoms with Gasteiger partial charge in [-0.2, -0.15) is 5.10 Å². The minimum absolute atomic E-state index is 0.0866. The predicted octanol–water partition coefficient (Wildman–Crippen LogP) is 1.89. The zero-order chi connectivity index (χ0) is 14.8. The lowest BCUT2D eigenvalue weighted by Gasteiger charge is -2.01. The quantitative estimate of drug-likeness (QED) is 0.449. The van der Waals surface area contributed by atoms with E-state index < -0.39 is 5.97 Å². The van der Waals surface area contributed by atoms with Crippen LogP contribution in [0, 0.1) is 0 Å². The fraction of sp³-hybridized carbons (Fsp3) is 0.182. The first-order chi connectivity index (χ1) is 8.84. The van der Waals surface area contributed by atoms with Gasteiger partial charge in [-0.3, -0.25) is 4.79 Å². The van der Waals surface area contributed by atoms with Gasteiger partial charge in [-0.1, -0.05) is 29.3 Å². The average molecular weight is 305 g/mol. The second kappa shape index (κ2) is 9.18. The van der Waals surface area contributed by atoms with Crippen LogP contribution in [0.25, 0.3) is 0 Å². The Morgan fingerprint density at radius 2 is 1.84 bits per heavy atom. The molecule has 0 unspecified atom stereocenters. The monoisotopic (exact) mass is 304 g/mol. The zero-order valence-corrected chi connectivity index (χ0v) is 11.7. The van der Waals surface area contributed by atoms with Crippen LogP contribution in [-0.2, 0) is 11.2 Å². The summed E-state index contributed by atoms with van der Waals surface area (Å²) in [7, 11) is 0. The van der Waals surface area contributed by atoms with Crippen LogP contribution in [0.2, 0.25) is 10.0 Å². The molecular formula is C11H14Cl2N4O2. The summed E-state index contributed by atoms with van der Waals surface area (Å²) < 4.78 is 0. The summed E-state index contributed by atoms with van der Waals surface area (Å²) in [5.74, 6) is -0.920. The highest BCUT2D eigenvalue weighted by Crippen LogP contribution is 2.23. The number of benzene rings is 1. The maximum atomic E-state index is 9.00. The van der Waals surface area contributed by atoms with Gasteiger partial charge in [0, 0.05) is 29.6 Å². The van der Waals surface area contributed by atoms with Crippen molar-refractivity contribution in [3.05, 3.63) is 33.8 Å². The van der Waals surface area contributed by atoms with Gasteiger partial charge < -0.3 is 16.6 Å². The summed E-state index contributed by atoms with van der Waals surface area (Å²) in [6.45, 7) is 1.08. The summed E-state index contributed by atoms with van der Waals surface area (Å²) in [6, 6.07) is 5.30. The topological polar surface area (TPSA) is 114 Å². The van der Waals surface area contributed by atoms with Crippen molar-refractivity contribution >= 4 is 41.3 Å². The van der Waals surface area contributed by atoms with Crippen LogP contribution in [0.15, 0.2) is 28.4 Å². The molecule has 19 heavy (non-hydrogen) atoms. The smallest absolute Gasteiger partial charge is 0.300 e.